The first-order valence-electron chi connectivity index (χ1n) is 9.02. The summed E-state index contributed by atoms with van der Waals surface area (Å²) in [6.45, 7) is 6.61. The number of rotatable bonds is 6. The number of anilines is 1. The van der Waals surface area contributed by atoms with E-state index >= 15 is 0 Å². The summed E-state index contributed by atoms with van der Waals surface area (Å²) < 4.78 is 1.61. The first kappa shape index (κ1) is 19.2. The second-order valence-electron chi connectivity index (χ2n) is 6.54. The zero-order chi connectivity index (χ0) is 19.4. The fourth-order valence-corrected chi connectivity index (χ4v) is 3.83. The van der Waals surface area contributed by atoms with Crippen LogP contribution in [0.3, 0.4) is 0 Å². The molecule has 0 unspecified atom stereocenters. The summed E-state index contributed by atoms with van der Waals surface area (Å²) in [6.07, 6.45) is 0. The minimum Gasteiger partial charge on any atom is -0.325 e. The van der Waals surface area contributed by atoms with Crippen LogP contribution in [0, 0.1) is 0 Å². The van der Waals surface area contributed by atoms with Gasteiger partial charge in [0.1, 0.15) is 0 Å². The van der Waals surface area contributed by atoms with Gasteiger partial charge >= 0.3 is 0 Å². The number of thioether (sulfide) groups is 1. The SMILES string of the molecule is CCn1c(SCC(=O)Nc2ccccc2C(C)C)nc2ccccc2c1=O. The third-order valence-corrected chi connectivity index (χ3v) is 5.31. The van der Waals surface area contributed by atoms with Crippen molar-refractivity contribution in [2.75, 3.05) is 11.1 Å². The summed E-state index contributed by atoms with van der Waals surface area (Å²) in [5.41, 5.74) is 2.51. The molecule has 0 radical (unpaired) electrons. The van der Waals surface area contributed by atoms with Gasteiger partial charge in [0.2, 0.25) is 5.91 Å². The van der Waals surface area contributed by atoms with E-state index in [0.29, 0.717) is 28.5 Å². The van der Waals surface area contributed by atoms with Crippen molar-refractivity contribution in [3.05, 3.63) is 64.4 Å². The second kappa shape index (κ2) is 8.39. The number of carbonyl (C=O) groups excluding carboxylic acids is 1. The van der Waals surface area contributed by atoms with Gasteiger partial charge in [-0.1, -0.05) is 55.9 Å². The van der Waals surface area contributed by atoms with Crippen LogP contribution in [-0.2, 0) is 11.3 Å². The molecule has 1 amide bonds. The maximum absolute atomic E-state index is 12.6. The Hall–Kier alpha value is -2.60. The van der Waals surface area contributed by atoms with Gasteiger partial charge in [0.15, 0.2) is 5.16 Å². The molecule has 0 aliphatic carbocycles. The summed E-state index contributed by atoms with van der Waals surface area (Å²) in [5, 5.41) is 4.14. The summed E-state index contributed by atoms with van der Waals surface area (Å²) >= 11 is 1.28. The average molecular weight is 382 g/mol. The van der Waals surface area contributed by atoms with Crippen molar-refractivity contribution in [2.24, 2.45) is 0 Å². The van der Waals surface area contributed by atoms with E-state index in [1.54, 1.807) is 10.6 Å². The number of hydrogen-bond donors (Lipinski definition) is 1. The van der Waals surface area contributed by atoms with Gasteiger partial charge in [-0.25, -0.2) is 4.98 Å². The molecule has 0 spiro atoms. The molecular formula is C21H23N3O2S. The Balaban J connectivity index is 1.79. The second-order valence-corrected chi connectivity index (χ2v) is 7.48. The van der Waals surface area contributed by atoms with Gasteiger partial charge in [-0.15, -0.1) is 0 Å². The molecule has 0 bridgehead atoms. The molecule has 3 rings (SSSR count). The molecule has 0 saturated heterocycles. The van der Waals surface area contributed by atoms with Crippen LogP contribution in [0.5, 0.6) is 0 Å². The monoisotopic (exact) mass is 381 g/mol. The molecule has 0 saturated carbocycles. The summed E-state index contributed by atoms with van der Waals surface area (Å²) in [7, 11) is 0. The number of benzene rings is 2. The lowest BCUT2D eigenvalue weighted by Gasteiger charge is -2.14. The highest BCUT2D eigenvalue weighted by molar-refractivity contribution is 7.99. The quantitative estimate of drug-likeness (QED) is 0.512. The van der Waals surface area contributed by atoms with Gasteiger partial charge in [0.25, 0.3) is 5.56 Å². The average Bonchev–Trinajstić information content (AvgIpc) is 2.67. The summed E-state index contributed by atoms with van der Waals surface area (Å²) in [4.78, 5) is 29.7. The van der Waals surface area contributed by atoms with Crippen molar-refractivity contribution >= 4 is 34.3 Å². The smallest absolute Gasteiger partial charge is 0.262 e. The Kier molecular flexibility index (Phi) is 5.96. The number of carbonyl (C=O) groups is 1. The Morgan fingerprint density at radius 3 is 2.59 bits per heavy atom. The van der Waals surface area contributed by atoms with Gasteiger partial charge in [-0.2, -0.15) is 0 Å². The zero-order valence-electron chi connectivity index (χ0n) is 15.7. The molecule has 27 heavy (non-hydrogen) atoms. The van der Waals surface area contributed by atoms with Crippen LogP contribution >= 0.6 is 11.8 Å². The van der Waals surface area contributed by atoms with E-state index < -0.39 is 0 Å². The predicted molar refractivity (Wildman–Crippen MR) is 112 cm³/mol. The number of nitrogens with zero attached hydrogens (tertiary/aromatic N) is 2. The van der Waals surface area contributed by atoms with Crippen LogP contribution in [0.15, 0.2) is 58.5 Å². The molecule has 2 aromatic carbocycles. The fourth-order valence-electron chi connectivity index (χ4n) is 2.97. The molecule has 1 N–H and O–H groups in total. The van der Waals surface area contributed by atoms with Gasteiger partial charge in [0, 0.05) is 12.2 Å². The number of amides is 1. The molecule has 0 aliphatic heterocycles. The molecule has 1 aromatic heterocycles. The number of aromatic nitrogens is 2. The Morgan fingerprint density at radius 2 is 1.85 bits per heavy atom. The van der Waals surface area contributed by atoms with Crippen LogP contribution < -0.4 is 10.9 Å². The van der Waals surface area contributed by atoms with Crippen LogP contribution in [0.1, 0.15) is 32.3 Å². The van der Waals surface area contributed by atoms with Gasteiger partial charge < -0.3 is 5.32 Å². The van der Waals surface area contributed by atoms with Gasteiger partial charge in [-0.05, 0) is 36.6 Å². The lowest BCUT2D eigenvalue weighted by molar-refractivity contribution is -0.113. The number of fused-ring (bicyclic) bond motifs is 1. The number of para-hydroxylation sites is 2. The molecule has 0 aliphatic rings. The maximum atomic E-state index is 12.6. The Bertz CT molecular complexity index is 1030. The molecule has 3 aromatic rings. The normalized spacial score (nSPS) is 11.1. The van der Waals surface area contributed by atoms with Crippen molar-refractivity contribution in [1.29, 1.82) is 0 Å². The van der Waals surface area contributed by atoms with Crippen molar-refractivity contribution in [3.63, 3.8) is 0 Å². The highest BCUT2D eigenvalue weighted by atomic mass is 32.2. The Morgan fingerprint density at radius 1 is 1.15 bits per heavy atom. The molecular weight excluding hydrogens is 358 g/mol. The summed E-state index contributed by atoms with van der Waals surface area (Å²) in [6, 6.07) is 15.1. The van der Waals surface area contributed by atoms with E-state index in [4.69, 9.17) is 0 Å². The zero-order valence-corrected chi connectivity index (χ0v) is 16.5. The fraction of sp³-hybridized carbons (Fsp3) is 0.286. The minimum absolute atomic E-state index is 0.0730. The lowest BCUT2D eigenvalue weighted by atomic mass is 10.0. The predicted octanol–water partition coefficient (Wildman–Crippen LogP) is 4.27. The van der Waals surface area contributed by atoms with E-state index in [-0.39, 0.29) is 17.2 Å². The highest BCUT2D eigenvalue weighted by Crippen LogP contribution is 2.24. The van der Waals surface area contributed by atoms with E-state index in [1.165, 1.54) is 11.8 Å². The van der Waals surface area contributed by atoms with E-state index in [1.807, 2.05) is 49.4 Å². The third-order valence-electron chi connectivity index (χ3n) is 4.33. The first-order valence-corrected chi connectivity index (χ1v) is 10.0. The standard InChI is InChI=1S/C21H23N3O2S/c1-4-24-20(26)16-10-6-8-12-18(16)23-21(24)27-13-19(25)22-17-11-7-5-9-15(17)14(2)3/h5-12,14H,4,13H2,1-3H3,(H,22,25). The van der Waals surface area contributed by atoms with E-state index in [2.05, 4.69) is 24.1 Å². The van der Waals surface area contributed by atoms with Crippen molar-refractivity contribution < 1.29 is 4.79 Å². The third kappa shape index (κ3) is 4.22. The van der Waals surface area contributed by atoms with Crippen LogP contribution in [0.4, 0.5) is 5.69 Å². The largest absolute Gasteiger partial charge is 0.325 e. The highest BCUT2D eigenvalue weighted by Gasteiger charge is 2.13. The Labute approximate surface area is 162 Å². The van der Waals surface area contributed by atoms with E-state index in [9.17, 15) is 9.59 Å². The summed E-state index contributed by atoms with van der Waals surface area (Å²) in [5.74, 6) is 0.400. The number of nitrogens with one attached hydrogen (secondary N) is 1. The van der Waals surface area contributed by atoms with Gasteiger partial charge in [-0.3, -0.25) is 14.2 Å². The van der Waals surface area contributed by atoms with Gasteiger partial charge in [0.05, 0.1) is 16.7 Å². The van der Waals surface area contributed by atoms with Crippen LogP contribution in [0.2, 0.25) is 0 Å². The van der Waals surface area contributed by atoms with Crippen molar-refractivity contribution in [3.8, 4) is 0 Å². The molecule has 0 fully saturated rings. The topological polar surface area (TPSA) is 64.0 Å². The number of hydrogen-bond acceptors (Lipinski definition) is 4. The molecule has 0 atom stereocenters. The minimum atomic E-state index is -0.113. The van der Waals surface area contributed by atoms with E-state index in [0.717, 1.165) is 11.3 Å². The molecule has 6 heteroatoms. The first-order chi connectivity index (χ1) is 13.0. The van der Waals surface area contributed by atoms with Crippen LogP contribution in [0.25, 0.3) is 10.9 Å². The van der Waals surface area contributed by atoms with Crippen molar-refractivity contribution in [1.82, 2.24) is 9.55 Å². The molecule has 1 heterocycles. The van der Waals surface area contributed by atoms with Crippen molar-refractivity contribution in [2.45, 2.75) is 38.4 Å². The van der Waals surface area contributed by atoms with Crippen LogP contribution in [-0.4, -0.2) is 21.2 Å². The maximum Gasteiger partial charge on any atom is 0.262 e. The molecule has 140 valence electrons. The molecule has 5 nitrogen and oxygen atoms in total. The lowest BCUT2D eigenvalue weighted by Crippen LogP contribution is -2.23.